The number of hydrogen-bond acceptors (Lipinski definition) is 6. The third-order valence-corrected chi connectivity index (χ3v) is 6.91. The number of nitrogens with one attached hydrogen (secondary N) is 1. The number of aliphatic hydroxyl groups excluding tert-OH is 1. The van der Waals surface area contributed by atoms with Gasteiger partial charge in [-0.15, -0.1) is 0 Å². The van der Waals surface area contributed by atoms with Gasteiger partial charge in [-0.1, -0.05) is 72.8 Å². The van der Waals surface area contributed by atoms with E-state index in [9.17, 15) is 13.5 Å². The summed E-state index contributed by atoms with van der Waals surface area (Å²) in [5.41, 5.74) is 3.93. The standard InChI is InChI=1S/C28H25N3O5S/c32-27-18-31(37(33,34)30-27)25-15-14-23(17-26(25)35-19-21-8-3-1-4-9-21)16-24-12-7-13-28(29-24)36-20-22-10-5-2-6-11-22/h1-15,17-18,30,32H,16,19-20H2. The smallest absolute Gasteiger partial charge is 0.330 e. The summed E-state index contributed by atoms with van der Waals surface area (Å²) < 4.78 is 39.9. The van der Waals surface area contributed by atoms with Crippen LogP contribution in [0.4, 0.5) is 5.69 Å². The molecule has 2 N–H and O–H groups in total. The number of ether oxygens (including phenoxy) is 2. The molecule has 1 aliphatic heterocycles. The molecule has 188 valence electrons. The van der Waals surface area contributed by atoms with E-state index in [0.29, 0.717) is 24.7 Å². The molecule has 2 heterocycles. The molecule has 3 aromatic carbocycles. The molecule has 0 unspecified atom stereocenters. The SMILES string of the molecule is O=S1(=O)NC(O)=CN1c1ccc(Cc2cccc(OCc3ccccc3)n2)cc1OCc1ccccc1. The van der Waals surface area contributed by atoms with Gasteiger partial charge in [0.15, 0.2) is 0 Å². The maximum Gasteiger partial charge on any atom is 0.330 e. The average molecular weight is 516 g/mol. The molecule has 0 saturated carbocycles. The molecular formula is C28H25N3O5S. The molecule has 9 heteroatoms. The average Bonchev–Trinajstić information content (AvgIpc) is 3.19. The lowest BCUT2D eigenvalue weighted by Gasteiger charge is -2.19. The predicted octanol–water partition coefficient (Wildman–Crippen LogP) is 4.84. The van der Waals surface area contributed by atoms with Crippen molar-refractivity contribution in [3.8, 4) is 11.6 Å². The van der Waals surface area contributed by atoms with Gasteiger partial charge in [0.1, 0.15) is 24.7 Å². The Kier molecular flexibility index (Phi) is 6.96. The van der Waals surface area contributed by atoms with Crippen LogP contribution in [-0.2, 0) is 29.8 Å². The number of hydrogen-bond donors (Lipinski definition) is 2. The molecule has 1 aromatic heterocycles. The van der Waals surface area contributed by atoms with E-state index < -0.39 is 16.1 Å². The number of rotatable bonds is 9. The summed E-state index contributed by atoms with van der Waals surface area (Å²) in [7, 11) is -3.97. The zero-order valence-electron chi connectivity index (χ0n) is 19.8. The monoisotopic (exact) mass is 515 g/mol. The fourth-order valence-electron chi connectivity index (χ4n) is 3.87. The highest BCUT2D eigenvalue weighted by atomic mass is 32.2. The highest BCUT2D eigenvalue weighted by Gasteiger charge is 2.31. The van der Waals surface area contributed by atoms with Crippen LogP contribution in [0.5, 0.6) is 11.6 Å². The first-order valence-electron chi connectivity index (χ1n) is 11.6. The minimum atomic E-state index is -3.97. The van der Waals surface area contributed by atoms with Gasteiger partial charge < -0.3 is 14.6 Å². The fourth-order valence-corrected chi connectivity index (χ4v) is 4.93. The quantitative estimate of drug-likeness (QED) is 0.331. The highest BCUT2D eigenvalue weighted by molar-refractivity contribution is 7.91. The summed E-state index contributed by atoms with van der Waals surface area (Å²) in [6.45, 7) is 0.664. The fraction of sp³-hybridized carbons (Fsp3) is 0.107. The zero-order valence-corrected chi connectivity index (χ0v) is 20.6. The van der Waals surface area contributed by atoms with E-state index in [2.05, 4.69) is 9.71 Å². The first-order valence-corrected chi connectivity index (χ1v) is 13.1. The minimum absolute atomic E-state index is 0.245. The molecule has 0 fully saturated rings. The van der Waals surface area contributed by atoms with Gasteiger partial charge in [0.2, 0.25) is 11.8 Å². The van der Waals surface area contributed by atoms with Crippen molar-refractivity contribution in [2.45, 2.75) is 19.6 Å². The van der Waals surface area contributed by atoms with Gasteiger partial charge in [-0.3, -0.25) is 0 Å². The van der Waals surface area contributed by atoms with E-state index in [1.165, 1.54) is 0 Å². The van der Waals surface area contributed by atoms with Crippen molar-refractivity contribution in [1.82, 2.24) is 9.71 Å². The van der Waals surface area contributed by atoms with Crippen LogP contribution in [0.1, 0.15) is 22.4 Å². The summed E-state index contributed by atoms with van der Waals surface area (Å²) in [5.74, 6) is 0.414. The number of aliphatic hydroxyl groups is 1. The van der Waals surface area contributed by atoms with Crippen LogP contribution >= 0.6 is 0 Å². The Bertz CT molecular complexity index is 1510. The van der Waals surface area contributed by atoms with Crippen molar-refractivity contribution in [2.75, 3.05) is 4.31 Å². The molecule has 5 rings (SSSR count). The van der Waals surface area contributed by atoms with Gasteiger partial charge in [-0.05, 0) is 34.9 Å². The summed E-state index contributed by atoms with van der Waals surface area (Å²) in [5, 5.41) is 9.76. The molecule has 0 spiro atoms. The Labute approximate surface area is 215 Å². The van der Waals surface area contributed by atoms with E-state index >= 15 is 0 Å². The van der Waals surface area contributed by atoms with Crippen molar-refractivity contribution in [3.63, 3.8) is 0 Å². The number of anilines is 1. The number of benzene rings is 3. The topological polar surface area (TPSA) is 101 Å². The van der Waals surface area contributed by atoms with E-state index in [4.69, 9.17) is 9.47 Å². The van der Waals surface area contributed by atoms with Crippen LogP contribution in [0.25, 0.3) is 0 Å². The Morgan fingerprint density at radius 3 is 2.11 bits per heavy atom. The zero-order chi connectivity index (χ0) is 25.7. The van der Waals surface area contributed by atoms with Crippen molar-refractivity contribution in [3.05, 3.63) is 132 Å². The van der Waals surface area contributed by atoms with E-state index in [-0.39, 0.29) is 12.3 Å². The maximum absolute atomic E-state index is 12.5. The van der Waals surface area contributed by atoms with Crippen molar-refractivity contribution in [1.29, 1.82) is 0 Å². The second-order valence-electron chi connectivity index (χ2n) is 8.41. The van der Waals surface area contributed by atoms with Crippen molar-refractivity contribution >= 4 is 15.9 Å². The molecule has 4 aromatic rings. The van der Waals surface area contributed by atoms with Crippen LogP contribution in [0.15, 0.2) is 109 Å². The molecule has 0 saturated heterocycles. The lowest BCUT2D eigenvalue weighted by Crippen LogP contribution is -2.30. The van der Waals surface area contributed by atoms with Gasteiger partial charge in [0, 0.05) is 18.2 Å². The minimum Gasteiger partial charge on any atom is -0.493 e. The largest absolute Gasteiger partial charge is 0.493 e. The second-order valence-corrected chi connectivity index (χ2v) is 9.96. The van der Waals surface area contributed by atoms with Gasteiger partial charge in [-0.2, -0.15) is 8.42 Å². The van der Waals surface area contributed by atoms with Crippen molar-refractivity contribution in [2.24, 2.45) is 0 Å². The summed E-state index contributed by atoms with van der Waals surface area (Å²) in [4.78, 5) is 4.62. The van der Waals surface area contributed by atoms with E-state index in [1.807, 2.05) is 84.9 Å². The van der Waals surface area contributed by atoms with Crippen LogP contribution in [0, 0.1) is 0 Å². The summed E-state index contributed by atoms with van der Waals surface area (Å²) >= 11 is 0. The number of nitrogens with zero attached hydrogens (tertiary/aromatic N) is 2. The molecule has 0 atom stereocenters. The Morgan fingerprint density at radius 1 is 0.784 bits per heavy atom. The van der Waals surface area contributed by atoms with Gasteiger partial charge in [0.05, 0.1) is 6.20 Å². The highest BCUT2D eigenvalue weighted by Crippen LogP contribution is 2.34. The first kappa shape index (κ1) is 24.2. The molecular weight excluding hydrogens is 490 g/mol. The third kappa shape index (κ3) is 6.02. The molecule has 0 bridgehead atoms. The lowest BCUT2D eigenvalue weighted by molar-refractivity contribution is 0.293. The molecule has 1 aliphatic rings. The maximum atomic E-state index is 12.5. The number of aromatic nitrogens is 1. The second kappa shape index (κ2) is 10.6. The normalized spacial score (nSPS) is 14.1. The summed E-state index contributed by atoms with van der Waals surface area (Å²) in [6, 6.07) is 30.3. The molecule has 0 aliphatic carbocycles. The Balaban J connectivity index is 1.38. The van der Waals surface area contributed by atoms with E-state index in [1.54, 1.807) is 12.1 Å². The predicted molar refractivity (Wildman–Crippen MR) is 140 cm³/mol. The molecule has 8 nitrogen and oxygen atoms in total. The van der Waals surface area contributed by atoms with Crippen LogP contribution < -0.4 is 18.5 Å². The van der Waals surface area contributed by atoms with Crippen molar-refractivity contribution < 1.29 is 23.0 Å². The summed E-state index contributed by atoms with van der Waals surface area (Å²) in [6.07, 6.45) is 1.59. The molecule has 0 amide bonds. The van der Waals surface area contributed by atoms with Crippen LogP contribution in [-0.4, -0.2) is 18.5 Å². The first-order chi connectivity index (χ1) is 18.0. The van der Waals surface area contributed by atoms with Crippen LogP contribution in [0.2, 0.25) is 0 Å². The van der Waals surface area contributed by atoms with Gasteiger partial charge in [0.25, 0.3) is 0 Å². The molecule has 0 radical (unpaired) electrons. The lowest BCUT2D eigenvalue weighted by atomic mass is 10.1. The molecule has 37 heavy (non-hydrogen) atoms. The van der Waals surface area contributed by atoms with Gasteiger partial charge in [-0.25, -0.2) is 14.0 Å². The Morgan fingerprint density at radius 2 is 1.46 bits per heavy atom. The Hall–Kier alpha value is -4.50. The van der Waals surface area contributed by atoms with Gasteiger partial charge >= 0.3 is 10.2 Å². The van der Waals surface area contributed by atoms with E-state index in [0.717, 1.165) is 32.9 Å². The van der Waals surface area contributed by atoms with Crippen LogP contribution in [0.3, 0.4) is 0 Å². The number of pyridine rings is 1. The third-order valence-electron chi connectivity index (χ3n) is 5.63.